The fourth-order valence-corrected chi connectivity index (χ4v) is 2.69. The van der Waals surface area contributed by atoms with Crippen LogP contribution in [-0.4, -0.2) is 20.1 Å². The van der Waals surface area contributed by atoms with Gasteiger partial charge in [0.1, 0.15) is 0 Å². The monoisotopic (exact) mass is 239 g/mol. The van der Waals surface area contributed by atoms with E-state index in [0.29, 0.717) is 0 Å². The lowest BCUT2D eigenvalue weighted by Crippen LogP contribution is -2.17. The number of carbonyl (C=O) groups is 1. The first-order valence-electron chi connectivity index (χ1n) is 4.62. The van der Waals surface area contributed by atoms with Crippen molar-refractivity contribution in [3.8, 4) is 0 Å². The van der Waals surface area contributed by atoms with E-state index in [0.717, 1.165) is 5.56 Å². The topological polar surface area (TPSA) is 77.2 Å². The summed E-state index contributed by atoms with van der Waals surface area (Å²) < 4.78 is 23.7. The molecule has 0 fully saturated rings. The molecular formula is C11H13NO3S. The molecule has 0 unspecified atom stereocenters. The van der Waals surface area contributed by atoms with Crippen molar-refractivity contribution in [2.24, 2.45) is 5.73 Å². The van der Waals surface area contributed by atoms with E-state index >= 15 is 0 Å². The summed E-state index contributed by atoms with van der Waals surface area (Å²) in [6, 6.07) is 4.51. The molecule has 16 heavy (non-hydrogen) atoms. The highest BCUT2D eigenvalue weighted by Crippen LogP contribution is 2.18. The minimum absolute atomic E-state index is 0.0208. The fraction of sp³-hybridized carbons (Fsp3) is 0.182. The number of nitrogens with two attached hydrogens (primary N) is 1. The zero-order valence-electron chi connectivity index (χ0n) is 8.93. The average molecular weight is 239 g/mol. The van der Waals surface area contributed by atoms with Crippen LogP contribution in [0, 0.1) is 6.92 Å². The van der Waals surface area contributed by atoms with Crippen LogP contribution < -0.4 is 5.73 Å². The third-order valence-electron chi connectivity index (χ3n) is 2.07. The molecule has 5 heteroatoms. The number of hydrogen-bond donors (Lipinski definition) is 1. The summed E-state index contributed by atoms with van der Waals surface area (Å²) in [4.78, 5) is 11.1. The number of amides is 1. The Morgan fingerprint density at radius 3 is 2.62 bits per heavy atom. The van der Waals surface area contributed by atoms with E-state index in [-0.39, 0.29) is 16.2 Å². The highest BCUT2D eigenvalue weighted by molar-refractivity contribution is 7.91. The molecule has 0 atom stereocenters. The maximum absolute atomic E-state index is 11.8. The molecule has 4 nitrogen and oxygen atoms in total. The van der Waals surface area contributed by atoms with E-state index < -0.39 is 15.7 Å². The van der Waals surface area contributed by atoms with Crippen molar-refractivity contribution in [3.05, 3.63) is 42.0 Å². The van der Waals surface area contributed by atoms with E-state index in [1.54, 1.807) is 13.0 Å². The highest BCUT2D eigenvalue weighted by Gasteiger charge is 2.19. The third kappa shape index (κ3) is 2.49. The highest BCUT2D eigenvalue weighted by atomic mass is 32.2. The Morgan fingerprint density at radius 1 is 1.50 bits per heavy atom. The van der Waals surface area contributed by atoms with Gasteiger partial charge in [-0.05, 0) is 24.6 Å². The molecule has 2 N–H and O–H groups in total. The molecule has 0 spiro atoms. The van der Waals surface area contributed by atoms with Crippen LogP contribution in [0.2, 0.25) is 0 Å². The Labute approximate surface area is 94.7 Å². The molecule has 0 bridgehead atoms. The van der Waals surface area contributed by atoms with Gasteiger partial charge in [0.2, 0.25) is 5.91 Å². The Morgan fingerprint density at radius 2 is 2.12 bits per heavy atom. The third-order valence-corrected chi connectivity index (χ3v) is 3.76. The zero-order chi connectivity index (χ0) is 12.3. The second kappa shape index (κ2) is 4.49. The van der Waals surface area contributed by atoms with Gasteiger partial charge < -0.3 is 5.73 Å². The number of primary amides is 1. The van der Waals surface area contributed by atoms with Crippen LogP contribution in [0.25, 0.3) is 0 Å². The lowest BCUT2D eigenvalue weighted by molar-refractivity contribution is 0.0997. The summed E-state index contributed by atoms with van der Waals surface area (Å²) in [6.07, 6.45) is 1.28. The van der Waals surface area contributed by atoms with Gasteiger partial charge in [0.15, 0.2) is 9.84 Å². The number of rotatable bonds is 4. The molecule has 0 saturated carbocycles. The van der Waals surface area contributed by atoms with Crippen LogP contribution >= 0.6 is 0 Å². The van der Waals surface area contributed by atoms with Crippen LogP contribution in [0.5, 0.6) is 0 Å². The SMILES string of the molecule is C=CCS(=O)(=O)c1cc(C)ccc1C(N)=O. The van der Waals surface area contributed by atoms with Crippen LogP contribution in [-0.2, 0) is 9.84 Å². The summed E-state index contributed by atoms with van der Waals surface area (Å²) in [7, 11) is -3.53. The van der Waals surface area contributed by atoms with E-state index in [1.807, 2.05) is 0 Å². The molecule has 1 rings (SSSR count). The van der Waals surface area contributed by atoms with Crippen molar-refractivity contribution >= 4 is 15.7 Å². The number of sulfone groups is 1. The summed E-state index contributed by atoms with van der Waals surface area (Å²) >= 11 is 0. The first-order chi connectivity index (χ1) is 7.38. The van der Waals surface area contributed by atoms with Crippen LogP contribution in [0.3, 0.4) is 0 Å². The molecule has 0 aliphatic rings. The van der Waals surface area contributed by atoms with Crippen LogP contribution in [0.4, 0.5) is 0 Å². The summed E-state index contributed by atoms with van der Waals surface area (Å²) in [6.45, 7) is 5.12. The van der Waals surface area contributed by atoms with Crippen molar-refractivity contribution in [1.29, 1.82) is 0 Å². The number of hydrogen-bond acceptors (Lipinski definition) is 3. The minimum atomic E-state index is -3.53. The fourth-order valence-electron chi connectivity index (χ4n) is 1.34. The maximum Gasteiger partial charge on any atom is 0.250 e. The smallest absolute Gasteiger partial charge is 0.250 e. The summed E-state index contributed by atoms with van der Waals surface area (Å²) in [5.74, 6) is -0.959. The molecule has 0 aromatic heterocycles. The predicted octanol–water partition coefficient (Wildman–Crippen LogP) is 1.05. The summed E-state index contributed by atoms with van der Waals surface area (Å²) in [5.41, 5.74) is 5.91. The second-order valence-electron chi connectivity index (χ2n) is 3.43. The van der Waals surface area contributed by atoms with Crippen molar-refractivity contribution in [2.75, 3.05) is 5.75 Å². The molecule has 0 aliphatic heterocycles. The molecule has 0 heterocycles. The lowest BCUT2D eigenvalue weighted by Gasteiger charge is -2.07. The van der Waals surface area contributed by atoms with Gasteiger partial charge in [-0.15, -0.1) is 6.58 Å². The van der Waals surface area contributed by atoms with Crippen molar-refractivity contribution in [1.82, 2.24) is 0 Å². The lowest BCUT2D eigenvalue weighted by atomic mass is 10.1. The van der Waals surface area contributed by atoms with Gasteiger partial charge in [0.05, 0.1) is 16.2 Å². The van der Waals surface area contributed by atoms with Gasteiger partial charge in [-0.25, -0.2) is 8.42 Å². The Kier molecular flexibility index (Phi) is 3.49. The molecule has 0 radical (unpaired) electrons. The largest absolute Gasteiger partial charge is 0.366 e. The molecule has 0 aliphatic carbocycles. The quantitative estimate of drug-likeness (QED) is 0.798. The number of benzene rings is 1. The van der Waals surface area contributed by atoms with Gasteiger partial charge in [-0.2, -0.15) is 0 Å². The molecule has 86 valence electrons. The molecule has 1 aromatic carbocycles. The van der Waals surface area contributed by atoms with Gasteiger partial charge >= 0.3 is 0 Å². The average Bonchev–Trinajstić information content (AvgIpc) is 2.17. The number of carbonyl (C=O) groups excluding carboxylic acids is 1. The van der Waals surface area contributed by atoms with Crippen LogP contribution in [0.1, 0.15) is 15.9 Å². The van der Waals surface area contributed by atoms with Crippen molar-refractivity contribution in [2.45, 2.75) is 11.8 Å². The predicted molar refractivity (Wildman–Crippen MR) is 61.9 cm³/mol. The van der Waals surface area contributed by atoms with Gasteiger partial charge in [-0.1, -0.05) is 12.1 Å². The van der Waals surface area contributed by atoms with Gasteiger partial charge in [0.25, 0.3) is 0 Å². The Bertz CT molecular complexity index is 532. The second-order valence-corrected chi connectivity index (χ2v) is 5.44. The van der Waals surface area contributed by atoms with Crippen molar-refractivity contribution in [3.63, 3.8) is 0 Å². The first kappa shape index (κ1) is 12.4. The standard InChI is InChI=1S/C11H13NO3S/c1-3-6-16(14,15)10-7-8(2)4-5-9(10)11(12)13/h3-5,7H,1,6H2,2H3,(H2,12,13). The van der Waals surface area contributed by atoms with Crippen molar-refractivity contribution < 1.29 is 13.2 Å². The Hall–Kier alpha value is -1.62. The molecule has 1 aromatic rings. The molecular weight excluding hydrogens is 226 g/mol. The number of aryl methyl sites for hydroxylation is 1. The normalized spacial score (nSPS) is 11.1. The van der Waals surface area contributed by atoms with E-state index in [4.69, 9.17) is 5.73 Å². The van der Waals surface area contributed by atoms with Gasteiger partial charge in [0, 0.05) is 0 Å². The first-order valence-corrected chi connectivity index (χ1v) is 6.28. The van der Waals surface area contributed by atoms with E-state index in [9.17, 15) is 13.2 Å². The Balaban J connectivity index is 3.47. The zero-order valence-corrected chi connectivity index (χ0v) is 9.75. The van der Waals surface area contributed by atoms with E-state index in [1.165, 1.54) is 18.2 Å². The molecule has 0 saturated heterocycles. The van der Waals surface area contributed by atoms with E-state index in [2.05, 4.69) is 6.58 Å². The minimum Gasteiger partial charge on any atom is -0.366 e. The molecule has 1 amide bonds. The maximum atomic E-state index is 11.8. The summed E-state index contributed by atoms with van der Waals surface area (Å²) in [5, 5.41) is 0. The van der Waals surface area contributed by atoms with Gasteiger partial charge in [-0.3, -0.25) is 4.79 Å². The van der Waals surface area contributed by atoms with Crippen LogP contribution in [0.15, 0.2) is 35.7 Å².